The summed E-state index contributed by atoms with van der Waals surface area (Å²) in [5, 5.41) is 0. The number of anilines is 1. The van der Waals surface area contributed by atoms with Gasteiger partial charge in [0.1, 0.15) is 5.52 Å². The molecule has 0 atom stereocenters. The number of hydrogen-bond donors (Lipinski definition) is 0. The lowest BCUT2D eigenvalue weighted by molar-refractivity contribution is 0.619. The van der Waals surface area contributed by atoms with Crippen LogP contribution in [0, 0.1) is 6.92 Å². The third kappa shape index (κ3) is 2.05. The number of aromatic nitrogens is 2. The zero-order chi connectivity index (χ0) is 13.4. The van der Waals surface area contributed by atoms with Crippen LogP contribution < -0.4 is 4.90 Å². The number of oxazole rings is 1. The summed E-state index contributed by atoms with van der Waals surface area (Å²) in [6, 6.07) is 7.93. The number of aryl methyl sites for hydroxylation is 1. The smallest absolute Gasteiger partial charge is 0.229 e. The molecule has 0 aliphatic carbocycles. The molecule has 0 aliphatic rings. The van der Waals surface area contributed by atoms with Crippen molar-refractivity contribution in [1.82, 2.24) is 9.97 Å². The third-order valence-corrected chi connectivity index (χ3v) is 3.06. The summed E-state index contributed by atoms with van der Waals surface area (Å²) in [6.07, 6.45) is 3.57. The highest BCUT2D eigenvalue weighted by molar-refractivity contribution is 5.80. The molecule has 0 fully saturated rings. The van der Waals surface area contributed by atoms with Gasteiger partial charge in [-0.2, -0.15) is 0 Å². The maximum Gasteiger partial charge on any atom is 0.229 e. The maximum atomic E-state index is 5.83. The summed E-state index contributed by atoms with van der Waals surface area (Å²) in [5.41, 5.74) is 4.81. The van der Waals surface area contributed by atoms with Crippen molar-refractivity contribution in [2.75, 3.05) is 19.0 Å². The zero-order valence-corrected chi connectivity index (χ0v) is 11.2. The van der Waals surface area contributed by atoms with Crippen LogP contribution >= 0.6 is 0 Å². The number of benzene rings is 1. The molecular weight excluding hydrogens is 238 g/mol. The van der Waals surface area contributed by atoms with Crippen LogP contribution in [0.1, 0.15) is 5.56 Å². The molecule has 4 nitrogen and oxygen atoms in total. The van der Waals surface area contributed by atoms with E-state index in [2.05, 4.69) is 9.97 Å². The minimum Gasteiger partial charge on any atom is -0.436 e. The third-order valence-electron chi connectivity index (χ3n) is 3.06. The summed E-state index contributed by atoms with van der Waals surface area (Å²) in [4.78, 5) is 10.7. The first kappa shape index (κ1) is 11.7. The zero-order valence-electron chi connectivity index (χ0n) is 11.2. The van der Waals surface area contributed by atoms with Crippen molar-refractivity contribution < 1.29 is 4.42 Å². The SMILES string of the molecule is Cc1ccc2oc(-c3ccncc3N(C)C)nc2c1. The van der Waals surface area contributed by atoms with E-state index in [9.17, 15) is 0 Å². The van der Waals surface area contributed by atoms with Gasteiger partial charge in [-0.3, -0.25) is 4.98 Å². The monoisotopic (exact) mass is 253 g/mol. The Labute approximate surface area is 111 Å². The molecule has 3 rings (SSSR count). The van der Waals surface area contributed by atoms with E-state index in [1.807, 2.05) is 56.4 Å². The van der Waals surface area contributed by atoms with E-state index >= 15 is 0 Å². The summed E-state index contributed by atoms with van der Waals surface area (Å²) in [6.45, 7) is 2.05. The molecule has 19 heavy (non-hydrogen) atoms. The van der Waals surface area contributed by atoms with Crippen LogP contribution in [0.4, 0.5) is 5.69 Å². The van der Waals surface area contributed by atoms with Crippen molar-refractivity contribution in [1.29, 1.82) is 0 Å². The Morgan fingerprint density at radius 3 is 2.79 bits per heavy atom. The highest BCUT2D eigenvalue weighted by Gasteiger charge is 2.13. The van der Waals surface area contributed by atoms with Crippen LogP contribution in [0.25, 0.3) is 22.6 Å². The molecule has 4 heteroatoms. The highest BCUT2D eigenvalue weighted by Crippen LogP contribution is 2.30. The predicted molar refractivity (Wildman–Crippen MR) is 76.3 cm³/mol. The largest absolute Gasteiger partial charge is 0.436 e. The molecule has 0 amide bonds. The first-order valence-corrected chi connectivity index (χ1v) is 6.14. The van der Waals surface area contributed by atoms with E-state index in [0.29, 0.717) is 5.89 Å². The maximum absolute atomic E-state index is 5.83. The molecule has 2 aromatic heterocycles. The lowest BCUT2D eigenvalue weighted by Gasteiger charge is -2.14. The molecule has 0 unspecified atom stereocenters. The molecule has 0 bridgehead atoms. The highest BCUT2D eigenvalue weighted by atomic mass is 16.3. The van der Waals surface area contributed by atoms with Crippen molar-refractivity contribution in [2.45, 2.75) is 6.92 Å². The van der Waals surface area contributed by atoms with Crippen LogP contribution in [0.2, 0.25) is 0 Å². The van der Waals surface area contributed by atoms with Gasteiger partial charge in [0.2, 0.25) is 5.89 Å². The van der Waals surface area contributed by atoms with Crippen LogP contribution in [0.5, 0.6) is 0 Å². The molecular formula is C15H15N3O. The fraction of sp³-hybridized carbons (Fsp3) is 0.200. The summed E-state index contributed by atoms with van der Waals surface area (Å²) in [7, 11) is 3.96. The van der Waals surface area contributed by atoms with Gasteiger partial charge in [-0.05, 0) is 30.7 Å². The fourth-order valence-electron chi connectivity index (χ4n) is 2.08. The standard InChI is InChI=1S/C15H15N3O/c1-10-4-5-14-12(8-10)17-15(19-14)11-6-7-16-9-13(11)18(2)3/h4-9H,1-3H3. The minimum absolute atomic E-state index is 0.631. The molecule has 0 saturated heterocycles. The van der Waals surface area contributed by atoms with E-state index in [1.54, 1.807) is 6.20 Å². The average molecular weight is 253 g/mol. The molecule has 0 N–H and O–H groups in total. The van der Waals surface area contributed by atoms with Gasteiger partial charge in [-0.25, -0.2) is 4.98 Å². The second kappa shape index (κ2) is 4.39. The Bertz CT molecular complexity index is 731. The molecule has 3 aromatic rings. The lowest BCUT2D eigenvalue weighted by Crippen LogP contribution is -2.10. The number of pyridine rings is 1. The van der Waals surface area contributed by atoms with Gasteiger partial charge in [-0.1, -0.05) is 6.07 Å². The van der Waals surface area contributed by atoms with Gasteiger partial charge in [0.25, 0.3) is 0 Å². The molecule has 2 heterocycles. The van der Waals surface area contributed by atoms with Gasteiger partial charge >= 0.3 is 0 Å². The van der Waals surface area contributed by atoms with Gasteiger partial charge in [-0.15, -0.1) is 0 Å². The van der Waals surface area contributed by atoms with E-state index in [-0.39, 0.29) is 0 Å². The number of nitrogens with zero attached hydrogens (tertiary/aromatic N) is 3. The Hall–Kier alpha value is -2.36. The van der Waals surface area contributed by atoms with Gasteiger partial charge in [0.05, 0.1) is 17.4 Å². The minimum atomic E-state index is 0.631. The van der Waals surface area contributed by atoms with Crippen molar-refractivity contribution in [3.63, 3.8) is 0 Å². The number of fused-ring (bicyclic) bond motifs is 1. The van der Waals surface area contributed by atoms with Gasteiger partial charge in [0.15, 0.2) is 5.58 Å². The second-order valence-corrected chi connectivity index (χ2v) is 4.78. The Kier molecular flexibility index (Phi) is 2.71. The normalized spacial score (nSPS) is 10.9. The van der Waals surface area contributed by atoms with Crippen molar-refractivity contribution in [2.24, 2.45) is 0 Å². The molecule has 0 radical (unpaired) electrons. The first-order valence-electron chi connectivity index (χ1n) is 6.14. The van der Waals surface area contributed by atoms with Crippen molar-refractivity contribution >= 4 is 16.8 Å². The summed E-state index contributed by atoms with van der Waals surface area (Å²) >= 11 is 0. The quantitative estimate of drug-likeness (QED) is 0.703. The Balaban J connectivity index is 2.19. The van der Waals surface area contributed by atoms with E-state index in [1.165, 1.54) is 5.56 Å². The second-order valence-electron chi connectivity index (χ2n) is 4.78. The van der Waals surface area contributed by atoms with E-state index in [0.717, 1.165) is 22.4 Å². The lowest BCUT2D eigenvalue weighted by atomic mass is 10.2. The summed E-state index contributed by atoms with van der Waals surface area (Å²) in [5.74, 6) is 0.631. The van der Waals surface area contributed by atoms with Crippen LogP contribution in [-0.2, 0) is 0 Å². The summed E-state index contributed by atoms with van der Waals surface area (Å²) < 4.78 is 5.83. The fourth-order valence-corrected chi connectivity index (χ4v) is 2.08. The molecule has 96 valence electrons. The number of hydrogen-bond acceptors (Lipinski definition) is 4. The van der Waals surface area contributed by atoms with E-state index in [4.69, 9.17) is 4.42 Å². The van der Waals surface area contributed by atoms with Gasteiger partial charge < -0.3 is 9.32 Å². The molecule has 1 aromatic carbocycles. The average Bonchev–Trinajstić information content (AvgIpc) is 2.81. The van der Waals surface area contributed by atoms with Crippen LogP contribution in [-0.4, -0.2) is 24.1 Å². The predicted octanol–water partition coefficient (Wildman–Crippen LogP) is 3.26. The molecule has 0 saturated carbocycles. The topological polar surface area (TPSA) is 42.2 Å². The van der Waals surface area contributed by atoms with Gasteiger partial charge in [0, 0.05) is 20.3 Å². The Morgan fingerprint density at radius 1 is 1.16 bits per heavy atom. The van der Waals surface area contributed by atoms with Crippen LogP contribution in [0.3, 0.4) is 0 Å². The number of rotatable bonds is 2. The van der Waals surface area contributed by atoms with Crippen molar-refractivity contribution in [3.05, 3.63) is 42.2 Å². The first-order chi connectivity index (χ1) is 9.15. The Morgan fingerprint density at radius 2 is 2.00 bits per heavy atom. The molecule has 0 spiro atoms. The van der Waals surface area contributed by atoms with E-state index < -0.39 is 0 Å². The van der Waals surface area contributed by atoms with Crippen LogP contribution in [0.15, 0.2) is 41.1 Å². The molecule has 0 aliphatic heterocycles. The van der Waals surface area contributed by atoms with Crippen molar-refractivity contribution in [3.8, 4) is 11.5 Å².